The molecule has 0 bridgehead atoms. The average molecular weight is 231 g/mol. The summed E-state index contributed by atoms with van der Waals surface area (Å²) in [5.41, 5.74) is 1.41. The van der Waals surface area contributed by atoms with Gasteiger partial charge in [0.2, 0.25) is 0 Å². The van der Waals surface area contributed by atoms with E-state index >= 15 is 0 Å². The van der Waals surface area contributed by atoms with Gasteiger partial charge in [0.05, 0.1) is 6.10 Å². The van der Waals surface area contributed by atoms with Gasteiger partial charge in [-0.3, -0.25) is 0 Å². The first kappa shape index (κ1) is 11.1. The maximum Gasteiger partial charge on any atom is 0.119 e. The molecule has 1 aliphatic heterocycles. The van der Waals surface area contributed by atoms with E-state index in [4.69, 9.17) is 4.74 Å². The maximum atomic E-state index is 5.77. The van der Waals surface area contributed by atoms with E-state index in [1.807, 2.05) is 0 Å². The minimum atomic E-state index is 0.497. The minimum absolute atomic E-state index is 0.497. The Morgan fingerprint density at radius 1 is 0.941 bits per heavy atom. The Morgan fingerprint density at radius 2 is 1.76 bits per heavy atom. The van der Waals surface area contributed by atoms with Crippen molar-refractivity contribution in [1.82, 2.24) is 5.32 Å². The van der Waals surface area contributed by atoms with E-state index in [0.29, 0.717) is 12.1 Å². The standard InChI is InChI=1S/C15H21NO/c1-2-4-15(16-11-3-1)12-5-7-13(8-6-12)17-14-9-10-14/h5-8,14-16H,1-4,9-11H2. The number of hydrogen-bond acceptors (Lipinski definition) is 2. The van der Waals surface area contributed by atoms with E-state index in [2.05, 4.69) is 29.6 Å². The van der Waals surface area contributed by atoms with Crippen LogP contribution in [0, 0.1) is 0 Å². The molecule has 1 atom stereocenters. The Labute approximate surface area is 103 Å². The first-order valence-corrected chi connectivity index (χ1v) is 6.92. The molecule has 1 saturated heterocycles. The van der Waals surface area contributed by atoms with Crippen molar-refractivity contribution in [2.75, 3.05) is 6.54 Å². The van der Waals surface area contributed by atoms with Gasteiger partial charge in [0.15, 0.2) is 0 Å². The molecule has 1 N–H and O–H groups in total. The average Bonchev–Trinajstić information content (AvgIpc) is 3.16. The minimum Gasteiger partial charge on any atom is -0.490 e. The second kappa shape index (κ2) is 5.09. The van der Waals surface area contributed by atoms with Gasteiger partial charge in [0.25, 0.3) is 0 Å². The fourth-order valence-electron chi connectivity index (χ4n) is 2.47. The Morgan fingerprint density at radius 3 is 2.53 bits per heavy atom. The molecule has 0 radical (unpaired) electrons. The summed E-state index contributed by atoms with van der Waals surface area (Å²) in [5.74, 6) is 1.03. The maximum absolute atomic E-state index is 5.77. The number of rotatable bonds is 3. The van der Waals surface area contributed by atoms with Crippen molar-refractivity contribution in [2.45, 2.75) is 50.7 Å². The van der Waals surface area contributed by atoms with Gasteiger partial charge < -0.3 is 10.1 Å². The molecule has 1 heterocycles. The predicted octanol–water partition coefficient (Wildman–Crippen LogP) is 3.43. The van der Waals surface area contributed by atoms with E-state index in [1.165, 1.54) is 44.1 Å². The highest BCUT2D eigenvalue weighted by molar-refractivity contribution is 5.29. The molecular formula is C15H21NO. The van der Waals surface area contributed by atoms with Gasteiger partial charge in [-0.25, -0.2) is 0 Å². The van der Waals surface area contributed by atoms with Crippen LogP contribution in [0.5, 0.6) is 5.75 Å². The Kier molecular flexibility index (Phi) is 3.32. The number of ether oxygens (including phenoxy) is 1. The Hall–Kier alpha value is -1.02. The molecule has 1 aromatic rings. The van der Waals surface area contributed by atoms with Crippen molar-refractivity contribution >= 4 is 0 Å². The van der Waals surface area contributed by atoms with Crippen molar-refractivity contribution in [3.8, 4) is 5.75 Å². The quantitative estimate of drug-likeness (QED) is 0.860. The zero-order valence-corrected chi connectivity index (χ0v) is 10.3. The van der Waals surface area contributed by atoms with E-state index in [-0.39, 0.29) is 0 Å². The van der Waals surface area contributed by atoms with Gasteiger partial charge in [-0.1, -0.05) is 25.0 Å². The van der Waals surface area contributed by atoms with Crippen LogP contribution in [0.3, 0.4) is 0 Å². The fraction of sp³-hybridized carbons (Fsp3) is 0.600. The van der Waals surface area contributed by atoms with Crippen molar-refractivity contribution < 1.29 is 4.74 Å². The summed E-state index contributed by atoms with van der Waals surface area (Å²) in [5, 5.41) is 3.63. The normalized spacial score (nSPS) is 25.3. The van der Waals surface area contributed by atoms with E-state index in [9.17, 15) is 0 Å². The van der Waals surface area contributed by atoms with Gasteiger partial charge in [0.1, 0.15) is 5.75 Å². The second-order valence-electron chi connectivity index (χ2n) is 5.24. The van der Waals surface area contributed by atoms with E-state index in [0.717, 1.165) is 12.3 Å². The summed E-state index contributed by atoms with van der Waals surface area (Å²) in [6.45, 7) is 1.16. The van der Waals surface area contributed by atoms with Crippen LogP contribution in [0.15, 0.2) is 24.3 Å². The van der Waals surface area contributed by atoms with Gasteiger partial charge in [0, 0.05) is 6.04 Å². The van der Waals surface area contributed by atoms with Crippen molar-refractivity contribution in [3.05, 3.63) is 29.8 Å². The summed E-state index contributed by atoms with van der Waals surface area (Å²) in [6, 6.07) is 9.24. The third kappa shape index (κ3) is 3.01. The Balaban J connectivity index is 1.65. The van der Waals surface area contributed by atoms with Gasteiger partial charge in [-0.15, -0.1) is 0 Å². The lowest BCUT2D eigenvalue weighted by molar-refractivity contribution is 0.303. The summed E-state index contributed by atoms with van der Waals surface area (Å²) >= 11 is 0. The molecule has 0 amide bonds. The van der Waals surface area contributed by atoms with Crippen molar-refractivity contribution in [2.24, 2.45) is 0 Å². The molecule has 0 aromatic heterocycles. The monoisotopic (exact) mass is 231 g/mol. The molecule has 1 aromatic carbocycles. The molecule has 2 nitrogen and oxygen atoms in total. The molecule has 92 valence electrons. The molecule has 2 heteroatoms. The lowest BCUT2D eigenvalue weighted by Crippen LogP contribution is -2.20. The van der Waals surface area contributed by atoms with Crippen LogP contribution in [0.4, 0.5) is 0 Å². The smallest absolute Gasteiger partial charge is 0.119 e. The highest BCUT2D eigenvalue weighted by Gasteiger charge is 2.23. The molecule has 0 spiro atoms. The van der Waals surface area contributed by atoms with Crippen LogP contribution < -0.4 is 10.1 Å². The molecule has 1 saturated carbocycles. The molecule has 2 aliphatic rings. The van der Waals surface area contributed by atoms with Crippen LogP contribution in [-0.4, -0.2) is 12.6 Å². The van der Waals surface area contributed by atoms with Gasteiger partial charge >= 0.3 is 0 Å². The molecule has 2 fully saturated rings. The zero-order valence-electron chi connectivity index (χ0n) is 10.3. The summed E-state index contributed by atoms with van der Waals surface area (Å²) in [6.07, 6.45) is 8.25. The third-order valence-corrected chi connectivity index (χ3v) is 3.67. The zero-order chi connectivity index (χ0) is 11.5. The lowest BCUT2D eigenvalue weighted by atomic mass is 10.0. The molecule has 3 rings (SSSR count). The lowest BCUT2D eigenvalue weighted by Gasteiger charge is -2.16. The number of hydrogen-bond donors (Lipinski definition) is 1. The summed E-state index contributed by atoms with van der Waals surface area (Å²) in [7, 11) is 0. The van der Waals surface area contributed by atoms with Crippen molar-refractivity contribution in [3.63, 3.8) is 0 Å². The highest BCUT2D eigenvalue weighted by atomic mass is 16.5. The molecule has 1 aliphatic carbocycles. The summed E-state index contributed by atoms with van der Waals surface area (Å²) in [4.78, 5) is 0. The third-order valence-electron chi connectivity index (χ3n) is 3.67. The highest BCUT2D eigenvalue weighted by Crippen LogP contribution is 2.28. The van der Waals surface area contributed by atoms with E-state index < -0.39 is 0 Å². The first-order chi connectivity index (χ1) is 8.42. The molecule has 17 heavy (non-hydrogen) atoms. The SMILES string of the molecule is c1cc(C2CCCCCN2)ccc1OC1CC1. The van der Waals surface area contributed by atoms with Crippen LogP contribution in [0.25, 0.3) is 0 Å². The van der Waals surface area contributed by atoms with Crippen LogP contribution in [-0.2, 0) is 0 Å². The van der Waals surface area contributed by atoms with Gasteiger partial charge in [-0.05, 0) is 49.9 Å². The van der Waals surface area contributed by atoms with Crippen LogP contribution >= 0.6 is 0 Å². The largest absolute Gasteiger partial charge is 0.490 e. The van der Waals surface area contributed by atoms with Gasteiger partial charge in [-0.2, -0.15) is 0 Å². The Bertz CT molecular complexity index is 348. The topological polar surface area (TPSA) is 21.3 Å². The number of benzene rings is 1. The molecular weight excluding hydrogens is 210 g/mol. The predicted molar refractivity (Wildman–Crippen MR) is 69.3 cm³/mol. The van der Waals surface area contributed by atoms with Crippen LogP contribution in [0.2, 0.25) is 0 Å². The number of nitrogens with one attached hydrogen (secondary N) is 1. The second-order valence-corrected chi connectivity index (χ2v) is 5.24. The van der Waals surface area contributed by atoms with Crippen LogP contribution in [0.1, 0.15) is 50.1 Å². The van der Waals surface area contributed by atoms with E-state index in [1.54, 1.807) is 0 Å². The fourth-order valence-corrected chi connectivity index (χ4v) is 2.47. The first-order valence-electron chi connectivity index (χ1n) is 6.92. The summed E-state index contributed by atoms with van der Waals surface area (Å²) < 4.78 is 5.77. The molecule has 1 unspecified atom stereocenters. The van der Waals surface area contributed by atoms with Crippen molar-refractivity contribution in [1.29, 1.82) is 0 Å².